The highest BCUT2D eigenvalue weighted by atomic mass is 35.5. The number of anilines is 1. The van der Waals surface area contributed by atoms with Crippen LogP contribution in [-0.4, -0.2) is 20.6 Å². The number of benzene rings is 2. The summed E-state index contributed by atoms with van der Waals surface area (Å²) in [6.07, 6.45) is -4.78. The van der Waals surface area contributed by atoms with Crippen molar-refractivity contribution in [2.45, 2.75) is 26.6 Å². The second-order valence-corrected chi connectivity index (χ2v) is 7.75. The van der Waals surface area contributed by atoms with Crippen LogP contribution in [0.4, 0.5) is 24.5 Å². The SMILES string of the molecule is Cc1cc(Cl)ccc1Oc1cc(NC(=O)Cn2nc(C(F)(F)F)c(Cl)c2C)cc([N+](=O)[O-])c1. The van der Waals surface area contributed by atoms with E-state index in [1.807, 2.05) is 0 Å². The summed E-state index contributed by atoms with van der Waals surface area (Å²) < 4.78 is 45.4. The molecule has 0 saturated heterocycles. The first-order chi connectivity index (χ1) is 15.3. The predicted octanol–water partition coefficient (Wildman–Crippen LogP) is 6.16. The van der Waals surface area contributed by atoms with Gasteiger partial charge >= 0.3 is 6.18 Å². The van der Waals surface area contributed by atoms with Crippen LogP contribution in [0.2, 0.25) is 10.0 Å². The number of alkyl halides is 3. The van der Waals surface area contributed by atoms with Crippen LogP contribution in [0.3, 0.4) is 0 Å². The first-order valence-electron chi connectivity index (χ1n) is 9.18. The van der Waals surface area contributed by atoms with Crippen molar-refractivity contribution in [3.63, 3.8) is 0 Å². The van der Waals surface area contributed by atoms with Gasteiger partial charge in [0.25, 0.3) is 5.69 Å². The molecule has 33 heavy (non-hydrogen) atoms. The molecule has 0 fully saturated rings. The summed E-state index contributed by atoms with van der Waals surface area (Å²) in [6, 6.07) is 8.39. The van der Waals surface area contributed by atoms with Crippen LogP contribution in [0.25, 0.3) is 0 Å². The van der Waals surface area contributed by atoms with E-state index in [-0.39, 0.29) is 22.8 Å². The molecule has 1 heterocycles. The third-order valence-corrected chi connectivity index (χ3v) is 5.13. The number of nitro benzene ring substituents is 1. The van der Waals surface area contributed by atoms with Crippen molar-refractivity contribution in [3.05, 3.63) is 73.5 Å². The predicted molar refractivity (Wildman–Crippen MR) is 115 cm³/mol. The smallest absolute Gasteiger partial charge is 0.436 e. The maximum absolute atomic E-state index is 13.0. The van der Waals surface area contributed by atoms with Gasteiger partial charge < -0.3 is 10.1 Å². The third-order valence-electron chi connectivity index (χ3n) is 4.45. The molecule has 0 atom stereocenters. The van der Waals surface area contributed by atoms with Crippen molar-refractivity contribution < 1.29 is 27.6 Å². The van der Waals surface area contributed by atoms with Gasteiger partial charge in [0.15, 0.2) is 5.69 Å². The fourth-order valence-electron chi connectivity index (χ4n) is 2.87. The van der Waals surface area contributed by atoms with Gasteiger partial charge in [-0.3, -0.25) is 19.6 Å². The molecule has 13 heteroatoms. The van der Waals surface area contributed by atoms with Crippen LogP contribution in [-0.2, 0) is 17.5 Å². The Bertz CT molecular complexity index is 1240. The van der Waals surface area contributed by atoms with Crippen molar-refractivity contribution in [1.82, 2.24) is 9.78 Å². The number of nitrogens with one attached hydrogen (secondary N) is 1. The van der Waals surface area contributed by atoms with E-state index in [1.54, 1.807) is 25.1 Å². The molecule has 3 rings (SSSR count). The summed E-state index contributed by atoms with van der Waals surface area (Å²) in [5.74, 6) is -0.332. The Morgan fingerprint density at radius 2 is 1.91 bits per heavy atom. The second kappa shape index (κ2) is 9.28. The number of carbonyl (C=O) groups is 1. The number of nitro groups is 1. The van der Waals surface area contributed by atoms with Gasteiger partial charge in [0.05, 0.1) is 27.4 Å². The molecule has 0 aliphatic heterocycles. The molecule has 174 valence electrons. The van der Waals surface area contributed by atoms with Crippen molar-refractivity contribution >= 4 is 40.5 Å². The number of non-ortho nitro benzene ring substituents is 1. The lowest BCUT2D eigenvalue weighted by molar-refractivity contribution is -0.384. The number of nitrogens with zero attached hydrogens (tertiary/aromatic N) is 3. The van der Waals surface area contributed by atoms with Gasteiger partial charge in [-0.15, -0.1) is 0 Å². The molecule has 1 amide bonds. The Hall–Kier alpha value is -3.31. The van der Waals surface area contributed by atoms with E-state index in [9.17, 15) is 28.1 Å². The third kappa shape index (κ3) is 5.74. The zero-order valence-corrected chi connectivity index (χ0v) is 18.5. The molecule has 2 aromatic carbocycles. The van der Waals surface area contributed by atoms with E-state index in [4.69, 9.17) is 27.9 Å². The van der Waals surface area contributed by atoms with Crippen LogP contribution in [0.1, 0.15) is 17.0 Å². The highest BCUT2D eigenvalue weighted by Crippen LogP contribution is 2.35. The molecule has 0 aliphatic carbocycles. The maximum atomic E-state index is 13.0. The molecular weight excluding hydrogens is 488 g/mol. The number of ether oxygens (including phenoxy) is 1. The molecule has 0 aliphatic rings. The number of amides is 1. The Morgan fingerprint density at radius 3 is 2.48 bits per heavy atom. The van der Waals surface area contributed by atoms with E-state index in [2.05, 4.69) is 10.4 Å². The highest BCUT2D eigenvalue weighted by molar-refractivity contribution is 6.32. The largest absolute Gasteiger partial charge is 0.457 e. The standard InChI is InChI=1S/C20H15Cl2F3N4O4/c1-10-5-12(21)3-4-16(10)33-15-7-13(6-14(8-15)29(31)32)26-17(30)9-28-11(2)18(22)19(27-28)20(23,24)25/h3-8H,9H2,1-2H3,(H,26,30). The van der Waals surface area contributed by atoms with Gasteiger partial charge in [-0.05, 0) is 37.6 Å². The van der Waals surface area contributed by atoms with Gasteiger partial charge in [-0.2, -0.15) is 18.3 Å². The molecule has 0 bridgehead atoms. The lowest BCUT2D eigenvalue weighted by Gasteiger charge is -2.12. The summed E-state index contributed by atoms with van der Waals surface area (Å²) >= 11 is 11.6. The normalized spacial score (nSPS) is 11.4. The van der Waals surface area contributed by atoms with Crippen LogP contribution < -0.4 is 10.1 Å². The Labute approximate surface area is 195 Å². The van der Waals surface area contributed by atoms with E-state index in [0.717, 1.165) is 16.8 Å². The Morgan fingerprint density at radius 1 is 1.21 bits per heavy atom. The van der Waals surface area contributed by atoms with Crippen molar-refractivity contribution in [1.29, 1.82) is 0 Å². The molecule has 0 radical (unpaired) electrons. The number of carbonyl (C=O) groups excluding carboxylic acids is 1. The summed E-state index contributed by atoms with van der Waals surface area (Å²) in [7, 11) is 0. The zero-order valence-electron chi connectivity index (χ0n) is 17.0. The number of aryl methyl sites for hydroxylation is 1. The quantitative estimate of drug-likeness (QED) is 0.321. The molecule has 8 nitrogen and oxygen atoms in total. The molecule has 1 aromatic heterocycles. The minimum Gasteiger partial charge on any atom is -0.457 e. The van der Waals surface area contributed by atoms with Crippen molar-refractivity contribution in [2.24, 2.45) is 0 Å². The van der Waals surface area contributed by atoms with Crippen molar-refractivity contribution in [3.8, 4) is 11.5 Å². The molecule has 0 saturated carbocycles. The molecule has 0 spiro atoms. The van der Waals surface area contributed by atoms with Crippen molar-refractivity contribution in [2.75, 3.05) is 5.32 Å². The van der Waals surface area contributed by atoms with E-state index >= 15 is 0 Å². The minimum absolute atomic E-state index is 0.00256. The lowest BCUT2D eigenvalue weighted by atomic mass is 10.2. The molecule has 3 aromatic rings. The number of aromatic nitrogens is 2. The van der Waals surface area contributed by atoms with Gasteiger partial charge in [-0.25, -0.2) is 0 Å². The molecular formula is C20H15Cl2F3N4O4. The summed E-state index contributed by atoms with van der Waals surface area (Å²) in [5.41, 5.74) is -1.06. The fourth-order valence-corrected chi connectivity index (χ4v) is 3.34. The van der Waals surface area contributed by atoms with E-state index in [1.165, 1.54) is 13.0 Å². The van der Waals surface area contributed by atoms with Gasteiger partial charge in [-0.1, -0.05) is 23.2 Å². The van der Waals surface area contributed by atoms with E-state index in [0.29, 0.717) is 16.3 Å². The summed E-state index contributed by atoms with van der Waals surface area (Å²) in [6.45, 7) is 2.41. The Balaban J connectivity index is 1.84. The summed E-state index contributed by atoms with van der Waals surface area (Å²) in [4.78, 5) is 23.1. The van der Waals surface area contributed by atoms with Gasteiger partial charge in [0.2, 0.25) is 5.91 Å². The zero-order chi connectivity index (χ0) is 24.5. The van der Waals surface area contributed by atoms with Crippen LogP contribution in [0.15, 0.2) is 36.4 Å². The minimum atomic E-state index is -4.78. The summed E-state index contributed by atoms with van der Waals surface area (Å²) in [5, 5.41) is 16.9. The van der Waals surface area contributed by atoms with Crippen LogP contribution >= 0.6 is 23.2 Å². The van der Waals surface area contributed by atoms with Gasteiger partial charge in [0, 0.05) is 17.2 Å². The maximum Gasteiger partial charge on any atom is 0.436 e. The topological polar surface area (TPSA) is 99.3 Å². The molecule has 1 N–H and O–H groups in total. The average Bonchev–Trinajstić information content (AvgIpc) is 2.98. The number of rotatable bonds is 6. The number of hydrogen-bond donors (Lipinski definition) is 1. The van der Waals surface area contributed by atoms with Gasteiger partial charge in [0.1, 0.15) is 18.0 Å². The van der Waals surface area contributed by atoms with Crippen LogP contribution in [0, 0.1) is 24.0 Å². The number of hydrogen-bond acceptors (Lipinski definition) is 5. The van der Waals surface area contributed by atoms with E-state index < -0.39 is 34.3 Å². The monoisotopic (exact) mass is 502 g/mol. The number of halogens is 5. The first kappa shape index (κ1) is 24.3. The fraction of sp³-hybridized carbons (Fsp3) is 0.200. The highest BCUT2D eigenvalue weighted by Gasteiger charge is 2.38. The second-order valence-electron chi connectivity index (χ2n) is 6.94. The lowest BCUT2D eigenvalue weighted by Crippen LogP contribution is -2.21. The molecule has 0 unspecified atom stereocenters. The Kier molecular flexibility index (Phi) is 6.84. The van der Waals surface area contributed by atoms with Crippen LogP contribution in [0.5, 0.6) is 11.5 Å². The first-order valence-corrected chi connectivity index (χ1v) is 9.94. The average molecular weight is 503 g/mol.